The number of hydrogen-bond acceptors (Lipinski definition) is 4. The standard InChI is InChI=1S/C23H20N2O3S/c1-16-7-5-6-10-22(16)25-23-15-20(29(26,27)28)13-17-11-12-19(14-21(17)23)24-18-8-3-2-4-9-18/h2-15,24-25H,1H3,(H,26,27,28). The topological polar surface area (TPSA) is 78.4 Å². The summed E-state index contributed by atoms with van der Waals surface area (Å²) in [6.45, 7) is 1.97. The minimum atomic E-state index is -4.33. The van der Waals surface area contributed by atoms with Gasteiger partial charge in [0.2, 0.25) is 0 Å². The van der Waals surface area contributed by atoms with Crippen molar-refractivity contribution < 1.29 is 13.0 Å². The lowest BCUT2D eigenvalue weighted by atomic mass is 10.1. The second kappa shape index (κ2) is 7.58. The molecule has 5 nitrogen and oxygen atoms in total. The molecule has 0 saturated carbocycles. The molecule has 0 heterocycles. The van der Waals surface area contributed by atoms with Crippen LogP contribution in [-0.2, 0) is 10.1 Å². The summed E-state index contributed by atoms with van der Waals surface area (Å²) in [6, 6.07) is 26.1. The van der Waals surface area contributed by atoms with Gasteiger partial charge in [-0.05, 0) is 60.3 Å². The van der Waals surface area contributed by atoms with E-state index in [0.717, 1.165) is 28.0 Å². The molecule has 3 N–H and O–H groups in total. The molecule has 0 radical (unpaired) electrons. The van der Waals surface area contributed by atoms with E-state index in [1.807, 2.05) is 79.7 Å². The Morgan fingerprint density at radius 1 is 0.724 bits per heavy atom. The maximum atomic E-state index is 11.8. The van der Waals surface area contributed by atoms with E-state index in [4.69, 9.17) is 0 Å². The van der Waals surface area contributed by atoms with Crippen LogP contribution in [0, 0.1) is 6.92 Å². The summed E-state index contributed by atoms with van der Waals surface area (Å²) in [6.07, 6.45) is 0. The summed E-state index contributed by atoms with van der Waals surface area (Å²) in [5, 5.41) is 8.20. The first-order valence-electron chi connectivity index (χ1n) is 9.10. The fourth-order valence-electron chi connectivity index (χ4n) is 3.21. The lowest BCUT2D eigenvalue weighted by molar-refractivity contribution is 0.483. The van der Waals surface area contributed by atoms with Crippen LogP contribution in [0.3, 0.4) is 0 Å². The van der Waals surface area contributed by atoms with Gasteiger partial charge in [0.25, 0.3) is 10.1 Å². The molecule has 0 bridgehead atoms. The molecule has 4 aromatic rings. The molecule has 0 atom stereocenters. The molecule has 0 spiro atoms. The van der Waals surface area contributed by atoms with E-state index in [1.54, 1.807) is 0 Å². The van der Waals surface area contributed by atoms with Gasteiger partial charge in [-0.15, -0.1) is 0 Å². The molecule has 146 valence electrons. The van der Waals surface area contributed by atoms with Crippen molar-refractivity contribution in [3.8, 4) is 0 Å². The minimum Gasteiger partial charge on any atom is -0.356 e. The molecule has 0 unspecified atom stereocenters. The molecule has 0 aromatic heterocycles. The SMILES string of the molecule is Cc1ccccc1Nc1cc(S(=O)(=O)O)cc2ccc(Nc3ccccc3)cc12. The summed E-state index contributed by atoms with van der Waals surface area (Å²) in [7, 11) is -4.33. The summed E-state index contributed by atoms with van der Waals surface area (Å²) in [5.74, 6) is 0. The molecule has 0 saturated heterocycles. The zero-order valence-corrected chi connectivity index (χ0v) is 16.6. The third kappa shape index (κ3) is 4.23. The Bertz CT molecular complexity index is 1290. The van der Waals surface area contributed by atoms with Crippen molar-refractivity contribution in [3.05, 3.63) is 90.5 Å². The molecule has 0 fully saturated rings. The summed E-state index contributed by atoms with van der Waals surface area (Å²) in [5.41, 5.74) is 4.31. The van der Waals surface area contributed by atoms with Gasteiger partial charge in [0.1, 0.15) is 0 Å². The molecular weight excluding hydrogens is 384 g/mol. The Morgan fingerprint density at radius 3 is 2.17 bits per heavy atom. The largest absolute Gasteiger partial charge is 0.356 e. The van der Waals surface area contributed by atoms with Crippen LogP contribution in [0.15, 0.2) is 89.8 Å². The van der Waals surface area contributed by atoms with Gasteiger partial charge in [0.15, 0.2) is 0 Å². The second-order valence-electron chi connectivity index (χ2n) is 6.81. The maximum Gasteiger partial charge on any atom is 0.294 e. The number of benzene rings is 4. The van der Waals surface area contributed by atoms with Gasteiger partial charge >= 0.3 is 0 Å². The van der Waals surface area contributed by atoms with Crippen LogP contribution in [0.1, 0.15) is 5.56 Å². The number of hydrogen-bond donors (Lipinski definition) is 3. The molecule has 29 heavy (non-hydrogen) atoms. The molecule has 4 aromatic carbocycles. The average Bonchev–Trinajstić information content (AvgIpc) is 2.70. The quantitative estimate of drug-likeness (QED) is 0.362. The van der Waals surface area contributed by atoms with Crippen molar-refractivity contribution in [3.63, 3.8) is 0 Å². The van der Waals surface area contributed by atoms with Crippen LogP contribution < -0.4 is 10.6 Å². The van der Waals surface area contributed by atoms with Crippen LogP contribution in [-0.4, -0.2) is 13.0 Å². The Morgan fingerprint density at radius 2 is 1.45 bits per heavy atom. The van der Waals surface area contributed by atoms with Gasteiger partial charge < -0.3 is 10.6 Å². The first kappa shape index (κ1) is 19.0. The van der Waals surface area contributed by atoms with Crippen LogP contribution in [0.25, 0.3) is 10.8 Å². The van der Waals surface area contributed by atoms with E-state index in [0.29, 0.717) is 11.1 Å². The molecular formula is C23H20N2O3S. The number of fused-ring (bicyclic) bond motifs is 1. The molecule has 0 aliphatic rings. The zero-order chi connectivity index (χ0) is 20.4. The lowest BCUT2D eigenvalue weighted by Gasteiger charge is -2.15. The van der Waals surface area contributed by atoms with Gasteiger partial charge in [0, 0.05) is 28.1 Å². The number of para-hydroxylation sites is 2. The van der Waals surface area contributed by atoms with E-state index in [1.165, 1.54) is 12.1 Å². The predicted octanol–water partition coefficient (Wildman–Crippen LogP) is 5.88. The van der Waals surface area contributed by atoms with Crippen molar-refractivity contribution in [2.24, 2.45) is 0 Å². The Hall–Kier alpha value is -3.35. The third-order valence-electron chi connectivity index (χ3n) is 4.70. The first-order valence-corrected chi connectivity index (χ1v) is 10.5. The van der Waals surface area contributed by atoms with Crippen LogP contribution in [0.2, 0.25) is 0 Å². The van der Waals surface area contributed by atoms with E-state index in [2.05, 4.69) is 10.6 Å². The van der Waals surface area contributed by atoms with E-state index < -0.39 is 10.1 Å². The van der Waals surface area contributed by atoms with Crippen molar-refractivity contribution in [1.29, 1.82) is 0 Å². The fourth-order valence-corrected chi connectivity index (χ4v) is 3.75. The second-order valence-corrected chi connectivity index (χ2v) is 8.23. The van der Waals surface area contributed by atoms with Crippen molar-refractivity contribution in [2.75, 3.05) is 10.6 Å². The van der Waals surface area contributed by atoms with Gasteiger partial charge in [0.05, 0.1) is 4.90 Å². The number of rotatable bonds is 5. The fraction of sp³-hybridized carbons (Fsp3) is 0.0435. The van der Waals surface area contributed by atoms with Crippen LogP contribution in [0.5, 0.6) is 0 Å². The highest BCUT2D eigenvalue weighted by Gasteiger charge is 2.15. The average molecular weight is 404 g/mol. The summed E-state index contributed by atoms with van der Waals surface area (Å²) >= 11 is 0. The van der Waals surface area contributed by atoms with Gasteiger partial charge in [-0.2, -0.15) is 8.42 Å². The number of anilines is 4. The Kier molecular flexibility index (Phi) is 4.96. The Labute approximate surface area is 169 Å². The van der Waals surface area contributed by atoms with Crippen LogP contribution in [0.4, 0.5) is 22.7 Å². The molecule has 4 rings (SSSR count). The predicted molar refractivity (Wildman–Crippen MR) is 118 cm³/mol. The van der Waals surface area contributed by atoms with Gasteiger partial charge in [-0.25, -0.2) is 0 Å². The van der Waals surface area contributed by atoms with Crippen molar-refractivity contribution >= 4 is 43.6 Å². The van der Waals surface area contributed by atoms with E-state index in [-0.39, 0.29) is 4.90 Å². The highest BCUT2D eigenvalue weighted by molar-refractivity contribution is 7.85. The minimum absolute atomic E-state index is 0.148. The van der Waals surface area contributed by atoms with E-state index in [9.17, 15) is 13.0 Å². The molecule has 0 aliphatic heterocycles. The smallest absolute Gasteiger partial charge is 0.294 e. The van der Waals surface area contributed by atoms with Crippen molar-refractivity contribution in [1.82, 2.24) is 0 Å². The lowest BCUT2D eigenvalue weighted by Crippen LogP contribution is -2.01. The Balaban J connectivity index is 1.84. The maximum absolute atomic E-state index is 11.8. The summed E-state index contributed by atoms with van der Waals surface area (Å²) < 4.78 is 33.1. The highest BCUT2D eigenvalue weighted by atomic mass is 32.2. The first-order chi connectivity index (χ1) is 13.9. The number of aryl methyl sites for hydroxylation is 1. The van der Waals surface area contributed by atoms with Gasteiger partial charge in [-0.3, -0.25) is 4.55 Å². The molecule has 0 amide bonds. The molecule has 6 heteroatoms. The van der Waals surface area contributed by atoms with Gasteiger partial charge in [-0.1, -0.05) is 42.5 Å². The number of nitrogens with one attached hydrogen (secondary N) is 2. The van der Waals surface area contributed by atoms with Crippen LogP contribution >= 0.6 is 0 Å². The normalized spacial score (nSPS) is 11.4. The van der Waals surface area contributed by atoms with E-state index >= 15 is 0 Å². The van der Waals surface area contributed by atoms with Crippen molar-refractivity contribution in [2.45, 2.75) is 11.8 Å². The monoisotopic (exact) mass is 404 g/mol. The molecule has 0 aliphatic carbocycles. The zero-order valence-electron chi connectivity index (χ0n) is 15.8. The highest BCUT2D eigenvalue weighted by Crippen LogP contribution is 2.33. The summed E-state index contributed by atoms with van der Waals surface area (Å²) in [4.78, 5) is -0.148. The third-order valence-corrected chi connectivity index (χ3v) is 5.53.